The van der Waals surface area contributed by atoms with Crippen LogP contribution >= 0.6 is 35.3 Å². The van der Waals surface area contributed by atoms with Gasteiger partial charge in [-0.3, -0.25) is 14.4 Å². The molecule has 3 aromatic carbocycles. The third kappa shape index (κ3) is 6.61. The molecule has 0 bridgehead atoms. The van der Waals surface area contributed by atoms with Crippen molar-refractivity contribution < 1.29 is 13.2 Å². The summed E-state index contributed by atoms with van der Waals surface area (Å²) in [6.07, 6.45) is 0.750. The number of thiophene rings is 1. The Morgan fingerprint density at radius 2 is 1.72 bits per heavy atom. The molecular weight excluding hydrogens is 575 g/mol. The molecule has 2 heterocycles. The molecule has 4 aromatic rings. The van der Waals surface area contributed by atoms with E-state index in [-0.39, 0.29) is 23.2 Å². The molecule has 7 nitrogen and oxygen atoms in total. The summed E-state index contributed by atoms with van der Waals surface area (Å²) in [6, 6.07) is 24.5. The number of carbonyl (C=O) groups excluding carboxylic acids is 1. The van der Waals surface area contributed by atoms with E-state index in [0.717, 1.165) is 36.5 Å². The highest BCUT2D eigenvalue weighted by Gasteiger charge is 2.25. The SMILES string of the molecule is Cl.N#Cc1c(NC(=O)c2ccc(NS(=O)(=O)c3ccc(Cl)cc3)cc2)sc2c1CCN(Cc1ccccc1)C2. The highest BCUT2D eigenvalue weighted by Crippen LogP contribution is 2.37. The zero-order valence-electron chi connectivity index (χ0n) is 20.6. The molecule has 1 aliphatic rings. The minimum Gasteiger partial charge on any atom is -0.312 e. The average Bonchev–Trinajstić information content (AvgIpc) is 3.25. The molecule has 0 atom stereocenters. The zero-order valence-corrected chi connectivity index (χ0v) is 23.8. The normalized spacial score (nSPS) is 13.0. The van der Waals surface area contributed by atoms with Gasteiger partial charge in [0.25, 0.3) is 15.9 Å². The first kappa shape index (κ1) is 28.6. The Balaban J connectivity index is 0.00000353. The molecule has 0 saturated carbocycles. The van der Waals surface area contributed by atoms with Gasteiger partial charge in [-0.05, 0) is 66.1 Å². The van der Waals surface area contributed by atoms with Gasteiger partial charge < -0.3 is 5.32 Å². The Bertz CT molecular complexity index is 1620. The van der Waals surface area contributed by atoms with Crippen LogP contribution < -0.4 is 10.0 Å². The number of benzene rings is 3. The van der Waals surface area contributed by atoms with Crippen molar-refractivity contribution in [3.63, 3.8) is 0 Å². The van der Waals surface area contributed by atoms with Crippen molar-refractivity contribution in [2.75, 3.05) is 16.6 Å². The van der Waals surface area contributed by atoms with Crippen LogP contribution in [-0.4, -0.2) is 25.8 Å². The maximum absolute atomic E-state index is 13.0. The van der Waals surface area contributed by atoms with Gasteiger partial charge in [0.15, 0.2) is 0 Å². The van der Waals surface area contributed by atoms with Gasteiger partial charge in [-0.15, -0.1) is 23.7 Å². The molecule has 0 fully saturated rings. The van der Waals surface area contributed by atoms with E-state index < -0.39 is 10.0 Å². The molecule has 0 spiro atoms. The highest BCUT2D eigenvalue weighted by atomic mass is 35.5. The van der Waals surface area contributed by atoms with E-state index in [0.29, 0.717) is 26.8 Å². The summed E-state index contributed by atoms with van der Waals surface area (Å²) in [4.78, 5) is 16.5. The smallest absolute Gasteiger partial charge is 0.261 e. The van der Waals surface area contributed by atoms with E-state index in [4.69, 9.17) is 11.6 Å². The lowest BCUT2D eigenvalue weighted by molar-refractivity contribution is 0.102. The van der Waals surface area contributed by atoms with Crippen molar-refractivity contribution in [1.29, 1.82) is 5.26 Å². The second kappa shape index (κ2) is 12.2. The molecule has 0 saturated heterocycles. The fourth-order valence-corrected chi connectivity index (χ4v) is 6.75. The number of amides is 1. The summed E-state index contributed by atoms with van der Waals surface area (Å²) in [6.45, 7) is 2.39. The quantitative estimate of drug-likeness (QED) is 0.259. The molecule has 11 heteroatoms. The molecule has 0 radical (unpaired) electrons. The summed E-state index contributed by atoms with van der Waals surface area (Å²) >= 11 is 7.28. The lowest BCUT2D eigenvalue weighted by Gasteiger charge is -2.26. The molecule has 2 N–H and O–H groups in total. The predicted octanol–water partition coefficient (Wildman–Crippen LogP) is 6.31. The molecule has 1 amide bonds. The number of fused-ring (bicyclic) bond motifs is 1. The standard InChI is InChI=1S/C28H23ClN4O3S2.ClH/c29-21-8-12-23(13-9-21)38(35,36)32-22-10-6-20(7-11-22)27(34)31-28-25(16-30)24-14-15-33(18-26(24)37-28)17-19-4-2-1-3-5-19;/h1-13,32H,14-15,17-18H2,(H,31,34);1H. The fraction of sp³-hybridized carbons (Fsp3) is 0.143. The number of sulfonamides is 1. The van der Waals surface area contributed by atoms with Crippen molar-refractivity contribution in [2.24, 2.45) is 0 Å². The zero-order chi connectivity index (χ0) is 26.7. The van der Waals surface area contributed by atoms with Crippen molar-refractivity contribution in [3.05, 3.63) is 111 Å². The van der Waals surface area contributed by atoms with Crippen LogP contribution in [0.5, 0.6) is 0 Å². The molecule has 0 unspecified atom stereocenters. The van der Waals surface area contributed by atoms with Crippen LogP contribution in [0.4, 0.5) is 10.7 Å². The predicted molar refractivity (Wildman–Crippen MR) is 157 cm³/mol. The Morgan fingerprint density at radius 1 is 1.03 bits per heavy atom. The number of hydrogen-bond donors (Lipinski definition) is 2. The van der Waals surface area contributed by atoms with Crippen molar-refractivity contribution in [2.45, 2.75) is 24.4 Å². The van der Waals surface area contributed by atoms with E-state index >= 15 is 0 Å². The van der Waals surface area contributed by atoms with Crippen LogP contribution in [0, 0.1) is 11.3 Å². The van der Waals surface area contributed by atoms with Gasteiger partial charge >= 0.3 is 0 Å². The number of nitrogens with zero attached hydrogens (tertiary/aromatic N) is 2. The van der Waals surface area contributed by atoms with Gasteiger partial charge in [0.05, 0.1) is 10.5 Å². The number of nitriles is 1. The molecule has 0 aliphatic carbocycles. The summed E-state index contributed by atoms with van der Waals surface area (Å²) in [5, 5.41) is 13.7. The average molecular weight is 600 g/mol. The Labute approximate surface area is 242 Å². The number of halogens is 2. The fourth-order valence-electron chi connectivity index (χ4n) is 4.33. The summed E-state index contributed by atoms with van der Waals surface area (Å²) in [5.74, 6) is -0.367. The molecule has 5 rings (SSSR count). The molecule has 1 aliphatic heterocycles. The van der Waals surface area contributed by atoms with E-state index in [2.05, 4.69) is 33.1 Å². The lowest BCUT2D eigenvalue weighted by atomic mass is 10.0. The Kier molecular flexibility index (Phi) is 8.95. The molecular formula is C28H24Cl2N4O3S2. The van der Waals surface area contributed by atoms with Gasteiger partial charge in [0.1, 0.15) is 11.1 Å². The van der Waals surface area contributed by atoms with Crippen LogP contribution in [0.3, 0.4) is 0 Å². The molecule has 200 valence electrons. The number of hydrogen-bond acceptors (Lipinski definition) is 6. The van der Waals surface area contributed by atoms with Gasteiger partial charge in [-0.1, -0.05) is 41.9 Å². The first-order valence-electron chi connectivity index (χ1n) is 11.8. The second-order valence-corrected chi connectivity index (χ2v) is 12.1. The molecule has 39 heavy (non-hydrogen) atoms. The van der Waals surface area contributed by atoms with Crippen molar-refractivity contribution >= 4 is 62.0 Å². The Hall–Kier alpha value is -3.39. The van der Waals surface area contributed by atoms with Crippen molar-refractivity contribution in [3.8, 4) is 6.07 Å². The maximum atomic E-state index is 13.0. The van der Waals surface area contributed by atoms with Crippen LogP contribution in [0.25, 0.3) is 0 Å². The van der Waals surface area contributed by atoms with Crippen LogP contribution in [0.15, 0.2) is 83.8 Å². The number of rotatable bonds is 7. The number of anilines is 2. The van der Waals surface area contributed by atoms with E-state index in [9.17, 15) is 18.5 Å². The number of carbonyl (C=O) groups is 1. The first-order chi connectivity index (χ1) is 18.3. The van der Waals surface area contributed by atoms with E-state index in [1.165, 1.54) is 65.4 Å². The van der Waals surface area contributed by atoms with Gasteiger partial charge in [-0.25, -0.2) is 8.42 Å². The highest BCUT2D eigenvalue weighted by molar-refractivity contribution is 7.92. The first-order valence-corrected chi connectivity index (χ1v) is 14.5. The number of nitrogens with one attached hydrogen (secondary N) is 2. The minimum atomic E-state index is -3.79. The summed E-state index contributed by atoms with van der Waals surface area (Å²) < 4.78 is 27.7. The van der Waals surface area contributed by atoms with Crippen LogP contribution in [0.2, 0.25) is 5.02 Å². The minimum absolute atomic E-state index is 0. The van der Waals surface area contributed by atoms with Crippen LogP contribution in [-0.2, 0) is 29.5 Å². The maximum Gasteiger partial charge on any atom is 0.261 e. The van der Waals surface area contributed by atoms with Crippen molar-refractivity contribution in [1.82, 2.24) is 4.90 Å². The molecule has 1 aromatic heterocycles. The topological polar surface area (TPSA) is 102 Å². The summed E-state index contributed by atoms with van der Waals surface area (Å²) in [5.41, 5.74) is 3.43. The summed E-state index contributed by atoms with van der Waals surface area (Å²) in [7, 11) is -3.79. The monoisotopic (exact) mass is 598 g/mol. The van der Waals surface area contributed by atoms with Gasteiger partial charge in [-0.2, -0.15) is 5.26 Å². The third-order valence-electron chi connectivity index (χ3n) is 6.25. The lowest BCUT2D eigenvalue weighted by Crippen LogP contribution is -2.29. The Morgan fingerprint density at radius 3 is 2.38 bits per heavy atom. The van der Waals surface area contributed by atoms with E-state index in [1.807, 2.05) is 18.2 Å². The van der Waals surface area contributed by atoms with Gasteiger partial charge in [0.2, 0.25) is 0 Å². The third-order valence-corrected chi connectivity index (χ3v) is 9.03. The van der Waals surface area contributed by atoms with E-state index in [1.54, 1.807) is 0 Å². The largest absolute Gasteiger partial charge is 0.312 e. The second-order valence-electron chi connectivity index (χ2n) is 8.86. The van der Waals surface area contributed by atoms with Gasteiger partial charge in [0, 0.05) is 40.8 Å². The van der Waals surface area contributed by atoms with Crippen LogP contribution in [0.1, 0.15) is 31.9 Å².